The van der Waals surface area contributed by atoms with Gasteiger partial charge in [-0.05, 0) is 48.8 Å². The van der Waals surface area contributed by atoms with Gasteiger partial charge in [0.1, 0.15) is 0 Å². The van der Waals surface area contributed by atoms with Gasteiger partial charge < -0.3 is 5.11 Å². The van der Waals surface area contributed by atoms with Crippen LogP contribution in [0.4, 0.5) is 0 Å². The zero-order valence-electron chi connectivity index (χ0n) is 11.9. The molecule has 0 spiro atoms. The Hall–Kier alpha value is -0.270. The molecule has 1 atom stereocenters. The molecule has 0 bridgehead atoms. The number of halogens is 1. The number of aliphatic hydroxyl groups is 1. The van der Waals surface area contributed by atoms with E-state index in [1.165, 1.54) is 12.5 Å². The van der Waals surface area contributed by atoms with Gasteiger partial charge in [-0.25, -0.2) is 13.1 Å². The minimum absolute atomic E-state index is 0.153. The molecule has 1 aliphatic heterocycles. The van der Waals surface area contributed by atoms with Crippen LogP contribution < -0.4 is 4.72 Å². The van der Waals surface area contributed by atoms with Gasteiger partial charge in [0, 0.05) is 16.8 Å². The number of hydrogen-bond donors (Lipinski definition) is 2. The molecule has 1 aliphatic rings. The molecule has 0 saturated carbocycles. The lowest BCUT2D eigenvalue weighted by atomic mass is 10.1. The molecule has 2 rings (SSSR count). The molecule has 1 aromatic carbocycles. The summed E-state index contributed by atoms with van der Waals surface area (Å²) in [6.45, 7) is 1.90. The second-order valence-electron chi connectivity index (χ2n) is 5.19. The van der Waals surface area contributed by atoms with Crippen molar-refractivity contribution in [2.75, 3.05) is 12.3 Å². The molecule has 0 aliphatic carbocycles. The van der Waals surface area contributed by atoms with Crippen molar-refractivity contribution in [3.8, 4) is 0 Å². The summed E-state index contributed by atoms with van der Waals surface area (Å²) in [6, 6.07) is 3.03. The molecule has 1 aromatic rings. The van der Waals surface area contributed by atoms with Crippen LogP contribution in [-0.4, -0.2) is 31.1 Å². The zero-order valence-corrected chi connectivity index (χ0v) is 14.3. The zero-order chi connectivity index (χ0) is 15.5. The third kappa shape index (κ3) is 4.36. The lowest BCUT2D eigenvalue weighted by Gasteiger charge is -2.22. The molecule has 0 aromatic heterocycles. The topological polar surface area (TPSA) is 66.4 Å². The van der Waals surface area contributed by atoms with Gasteiger partial charge in [0.2, 0.25) is 10.0 Å². The van der Waals surface area contributed by atoms with Crippen molar-refractivity contribution < 1.29 is 13.5 Å². The van der Waals surface area contributed by atoms with Crippen molar-refractivity contribution in [2.24, 2.45) is 0 Å². The van der Waals surface area contributed by atoms with E-state index in [9.17, 15) is 13.5 Å². The summed E-state index contributed by atoms with van der Waals surface area (Å²) < 4.78 is 27.6. The smallest absolute Gasteiger partial charge is 0.240 e. The maximum Gasteiger partial charge on any atom is 0.240 e. The Kier molecular flexibility index (Phi) is 5.96. The Balaban J connectivity index is 2.17. The summed E-state index contributed by atoms with van der Waals surface area (Å²) >= 11 is 7.77. The summed E-state index contributed by atoms with van der Waals surface area (Å²) in [5, 5.41) is 9.94. The van der Waals surface area contributed by atoms with E-state index in [0.717, 1.165) is 18.6 Å². The summed E-state index contributed by atoms with van der Waals surface area (Å²) in [5.41, 5.74) is 1.08. The molecule has 1 fully saturated rings. The van der Waals surface area contributed by atoms with Gasteiger partial charge in [0.15, 0.2) is 0 Å². The van der Waals surface area contributed by atoms with Crippen molar-refractivity contribution >= 4 is 33.4 Å². The van der Waals surface area contributed by atoms with Gasteiger partial charge in [-0.1, -0.05) is 18.0 Å². The maximum atomic E-state index is 12.5. The minimum Gasteiger partial charge on any atom is -0.392 e. The van der Waals surface area contributed by atoms with Gasteiger partial charge in [-0.15, -0.1) is 0 Å². The molecule has 0 amide bonds. The first kappa shape index (κ1) is 17.1. The molecular weight excluding hydrogens is 330 g/mol. The molecule has 2 N–H and O–H groups in total. The highest BCUT2D eigenvalue weighted by Crippen LogP contribution is 2.27. The monoisotopic (exact) mass is 349 g/mol. The van der Waals surface area contributed by atoms with Crippen molar-refractivity contribution in [1.29, 1.82) is 0 Å². The van der Waals surface area contributed by atoms with Crippen LogP contribution in [0.1, 0.15) is 30.4 Å². The van der Waals surface area contributed by atoms with Crippen LogP contribution in [-0.2, 0) is 16.6 Å². The number of aliphatic hydroxyl groups excluding tert-OH is 1. The van der Waals surface area contributed by atoms with E-state index in [1.54, 1.807) is 13.0 Å². The van der Waals surface area contributed by atoms with Crippen LogP contribution in [0.2, 0.25) is 5.02 Å². The van der Waals surface area contributed by atoms with E-state index in [-0.39, 0.29) is 11.5 Å². The third-order valence-electron chi connectivity index (χ3n) is 3.67. The molecule has 1 unspecified atom stereocenters. The lowest BCUT2D eigenvalue weighted by Crippen LogP contribution is -2.32. The van der Waals surface area contributed by atoms with Crippen LogP contribution in [0.3, 0.4) is 0 Å². The molecule has 7 heteroatoms. The van der Waals surface area contributed by atoms with Gasteiger partial charge in [-0.2, -0.15) is 11.8 Å². The molecule has 1 heterocycles. The Bertz CT molecular complexity index is 598. The van der Waals surface area contributed by atoms with Gasteiger partial charge in [0.05, 0.1) is 11.5 Å². The largest absolute Gasteiger partial charge is 0.392 e. The van der Waals surface area contributed by atoms with E-state index < -0.39 is 10.0 Å². The molecule has 1 saturated heterocycles. The summed E-state index contributed by atoms with van der Waals surface area (Å²) in [7, 11) is -3.60. The molecule has 4 nitrogen and oxygen atoms in total. The Morgan fingerprint density at radius 2 is 2.19 bits per heavy atom. The van der Waals surface area contributed by atoms with Crippen molar-refractivity contribution in [3.63, 3.8) is 0 Å². The van der Waals surface area contributed by atoms with E-state index in [1.807, 2.05) is 11.8 Å². The van der Waals surface area contributed by atoms with Gasteiger partial charge in [0.25, 0.3) is 0 Å². The maximum absolute atomic E-state index is 12.5. The van der Waals surface area contributed by atoms with Crippen molar-refractivity contribution in [3.05, 3.63) is 28.3 Å². The first-order valence-corrected chi connectivity index (χ1v) is 9.86. The van der Waals surface area contributed by atoms with Crippen molar-refractivity contribution in [1.82, 2.24) is 4.72 Å². The Morgan fingerprint density at radius 3 is 2.81 bits per heavy atom. The molecule has 0 radical (unpaired) electrons. The van der Waals surface area contributed by atoms with Gasteiger partial charge in [-0.3, -0.25) is 0 Å². The van der Waals surface area contributed by atoms with E-state index >= 15 is 0 Å². The highest BCUT2D eigenvalue weighted by atomic mass is 35.5. The standard InChI is InChI=1S/C14H20ClNO3S2/c1-10-11(9-17)6-12(15)7-14(10)21(18,19)16-8-13-4-2-3-5-20-13/h6-7,13,16-17H,2-5,8-9H2,1H3. The average Bonchev–Trinajstić information content (AvgIpc) is 2.48. The Morgan fingerprint density at radius 1 is 1.43 bits per heavy atom. The van der Waals surface area contributed by atoms with Crippen LogP contribution in [0.15, 0.2) is 17.0 Å². The first-order chi connectivity index (χ1) is 9.94. The minimum atomic E-state index is -3.60. The first-order valence-electron chi connectivity index (χ1n) is 6.95. The van der Waals surface area contributed by atoms with Crippen LogP contribution in [0, 0.1) is 6.92 Å². The second-order valence-corrected chi connectivity index (χ2v) is 8.77. The van der Waals surface area contributed by atoms with Gasteiger partial charge >= 0.3 is 0 Å². The summed E-state index contributed by atoms with van der Waals surface area (Å²) in [6.07, 6.45) is 3.41. The highest BCUT2D eigenvalue weighted by Gasteiger charge is 2.22. The normalized spacial score (nSPS) is 19.7. The van der Waals surface area contributed by atoms with E-state index in [0.29, 0.717) is 27.9 Å². The molecule has 118 valence electrons. The van der Waals surface area contributed by atoms with Crippen LogP contribution >= 0.6 is 23.4 Å². The number of nitrogens with one attached hydrogen (secondary N) is 1. The SMILES string of the molecule is Cc1c(CO)cc(Cl)cc1S(=O)(=O)NCC1CCCCS1. The third-order valence-corrected chi connectivity index (χ3v) is 6.83. The number of thioether (sulfide) groups is 1. The molecular formula is C14H20ClNO3S2. The van der Waals surface area contributed by atoms with Crippen LogP contribution in [0.25, 0.3) is 0 Å². The fourth-order valence-electron chi connectivity index (χ4n) is 2.40. The molecule has 21 heavy (non-hydrogen) atoms. The summed E-state index contributed by atoms with van der Waals surface area (Å²) in [4.78, 5) is 0.153. The predicted octanol–water partition coefficient (Wildman–Crippen LogP) is 2.70. The van der Waals surface area contributed by atoms with E-state index in [4.69, 9.17) is 11.6 Å². The van der Waals surface area contributed by atoms with Crippen LogP contribution in [0.5, 0.6) is 0 Å². The fraction of sp³-hybridized carbons (Fsp3) is 0.571. The number of benzene rings is 1. The highest BCUT2D eigenvalue weighted by molar-refractivity contribution is 8.00. The lowest BCUT2D eigenvalue weighted by molar-refractivity contribution is 0.280. The van der Waals surface area contributed by atoms with E-state index in [2.05, 4.69) is 4.72 Å². The fourth-order valence-corrected chi connectivity index (χ4v) is 5.44. The number of sulfonamides is 1. The average molecular weight is 350 g/mol. The number of rotatable bonds is 5. The number of hydrogen-bond acceptors (Lipinski definition) is 4. The quantitative estimate of drug-likeness (QED) is 0.857. The van der Waals surface area contributed by atoms with Crippen molar-refractivity contribution in [2.45, 2.75) is 42.9 Å². The predicted molar refractivity (Wildman–Crippen MR) is 87.4 cm³/mol. The Labute approximate surface area is 135 Å². The summed E-state index contributed by atoms with van der Waals surface area (Å²) in [5.74, 6) is 1.09. The second kappa shape index (κ2) is 7.33.